The van der Waals surface area contributed by atoms with Crippen molar-refractivity contribution in [3.8, 4) is 0 Å². The van der Waals surface area contributed by atoms with Crippen LogP contribution < -0.4 is 5.73 Å². The van der Waals surface area contributed by atoms with Gasteiger partial charge in [0.15, 0.2) is 11.6 Å². The van der Waals surface area contributed by atoms with Crippen molar-refractivity contribution in [2.45, 2.75) is 23.6 Å². The molecular weight excluding hydrogens is 264 g/mol. The molecule has 0 saturated carbocycles. The summed E-state index contributed by atoms with van der Waals surface area (Å²) in [6.45, 7) is 1.93. The van der Waals surface area contributed by atoms with Gasteiger partial charge in [-0.15, -0.1) is 11.8 Å². The molecule has 2 rings (SSSR count). The highest BCUT2D eigenvalue weighted by molar-refractivity contribution is 7.98. The standard InChI is InChI=1S/C15H15F2NS/c1-10(18)12-3-5-13(6-4-12)19-9-11-2-7-14(16)15(17)8-11/h2-8,10H,9,18H2,1H3. The molecule has 0 radical (unpaired) electrons. The topological polar surface area (TPSA) is 26.0 Å². The zero-order valence-corrected chi connectivity index (χ0v) is 11.4. The van der Waals surface area contributed by atoms with Crippen LogP contribution in [0.25, 0.3) is 0 Å². The van der Waals surface area contributed by atoms with Crippen molar-refractivity contribution in [3.63, 3.8) is 0 Å². The average molecular weight is 279 g/mol. The molecule has 100 valence electrons. The number of nitrogens with two attached hydrogens (primary N) is 1. The van der Waals surface area contributed by atoms with Gasteiger partial charge >= 0.3 is 0 Å². The number of rotatable bonds is 4. The van der Waals surface area contributed by atoms with Crippen LogP contribution in [-0.2, 0) is 5.75 Å². The number of hydrogen-bond acceptors (Lipinski definition) is 2. The molecule has 1 atom stereocenters. The van der Waals surface area contributed by atoms with Gasteiger partial charge < -0.3 is 5.73 Å². The van der Waals surface area contributed by atoms with Gasteiger partial charge in [0.1, 0.15) is 0 Å². The molecule has 0 amide bonds. The fraction of sp³-hybridized carbons (Fsp3) is 0.200. The molecule has 0 bridgehead atoms. The van der Waals surface area contributed by atoms with Crippen molar-refractivity contribution in [3.05, 3.63) is 65.2 Å². The minimum atomic E-state index is -0.810. The Labute approximate surface area is 115 Å². The molecule has 0 aliphatic rings. The smallest absolute Gasteiger partial charge is 0.159 e. The Hall–Kier alpha value is -1.39. The molecule has 2 aromatic carbocycles. The van der Waals surface area contributed by atoms with Crippen molar-refractivity contribution >= 4 is 11.8 Å². The van der Waals surface area contributed by atoms with E-state index in [1.807, 2.05) is 31.2 Å². The fourth-order valence-corrected chi connectivity index (χ4v) is 2.51. The van der Waals surface area contributed by atoms with Crippen molar-refractivity contribution in [1.82, 2.24) is 0 Å². The Morgan fingerprint density at radius 3 is 2.32 bits per heavy atom. The molecule has 0 aliphatic carbocycles. The quantitative estimate of drug-likeness (QED) is 0.845. The summed E-state index contributed by atoms with van der Waals surface area (Å²) in [5.41, 5.74) is 7.62. The number of thioether (sulfide) groups is 1. The molecule has 0 heterocycles. The third-order valence-corrected chi connectivity index (χ3v) is 3.88. The summed E-state index contributed by atoms with van der Waals surface area (Å²) in [6, 6.07) is 12.0. The van der Waals surface area contributed by atoms with E-state index in [-0.39, 0.29) is 6.04 Å². The van der Waals surface area contributed by atoms with Crippen LogP contribution in [0.2, 0.25) is 0 Å². The molecule has 1 nitrogen and oxygen atoms in total. The predicted octanol–water partition coefficient (Wildman–Crippen LogP) is 4.28. The van der Waals surface area contributed by atoms with Gasteiger partial charge in [-0.1, -0.05) is 18.2 Å². The van der Waals surface area contributed by atoms with Crippen LogP contribution in [-0.4, -0.2) is 0 Å². The monoisotopic (exact) mass is 279 g/mol. The predicted molar refractivity (Wildman–Crippen MR) is 75.0 cm³/mol. The molecule has 0 aliphatic heterocycles. The van der Waals surface area contributed by atoms with E-state index in [1.165, 1.54) is 6.07 Å². The SMILES string of the molecule is CC(N)c1ccc(SCc2ccc(F)c(F)c2)cc1. The molecule has 0 fully saturated rings. The molecule has 1 unspecified atom stereocenters. The molecule has 4 heteroatoms. The lowest BCUT2D eigenvalue weighted by Crippen LogP contribution is -2.04. The Morgan fingerprint density at radius 1 is 1.05 bits per heavy atom. The Morgan fingerprint density at radius 2 is 1.74 bits per heavy atom. The largest absolute Gasteiger partial charge is 0.324 e. The van der Waals surface area contributed by atoms with Crippen LogP contribution in [0.15, 0.2) is 47.4 Å². The lowest BCUT2D eigenvalue weighted by atomic mass is 10.1. The minimum absolute atomic E-state index is 0.0187. The van der Waals surface area contributed by atoms with Gasteiger partial charge in [-0.05, 0) is 42.3 Å². The van der Waals surface area contributed by atoms with E-state index in [4.69, 9.17) is 5.73 Å². The van der Waals surface area contributed by atoms with Gasteiger partial charge in [0.25, 0.3) is 0 Å². The first-order valence-corrected chi connectivity index (χ1v) is 6.97. The third kappa shape index (κ3) is 3.78. The highest BCUT2D eigenvalue weighted by Crippen LogP contribution is 2.24. The molecule has 19 heavy (non-hydrogen) atoms. The zero-order valence-electron chi connectivity index (χ0n) is 10.6. The summed E-state index contributed by atoms with van der Waals surface area (Å²) in [4.78, 5) is 1.08. The molecular formula is C15H15F2NS. The summed E-state index contributed by atoms with van der Waals surface area (Å²) < 4.78 is 25.8. The molecule has 0 saturated heterocycles. The maximum absolute atomic E-state index is 13.0. The third-order valence-electron chi connectivity index (χ3n) is 2.80. The lowest BCUT2D eigenvalue weighted by Gasteiger charge is -2.07. The second-order valence-electron chi connectivity index (χ2n) is 4.39. The zero-order chi connectivity index (χ0) is 13.8. The number of halogens is 2. The number of hydrogen-bond donors (Lipinski definition) is 1. The Balaban J connectivity index is 2.00. The van der Waals surface area contributed by atoms with Gasteiger partial charge in [-0.3, -0.25) is 0 Å². The van der Waals surface area contributed by atoms with Gasteiger partial charge in [0, 0.05) is 16.7 Å². The summed E-state index contributed by atoms with van der Waals surface area (Å²) in [5.74, 6) is -1.00. The molecule has 2 N–H and O–H groups in total. The molecule has 0 spiro atoms. The van der Waals surface area contributed by atoms with Crippen molar-refractivity contribution < 1.29 is 8.78 Å². The van der Waals surface area contributed by atoms with Crippen molar-refractivity contribution in [2.24, 2.45) is 5.73 Å². The summed E-state index contributed by atoms with van der Waals surface area (Å²) in [6.07, 6.45) is 0. The molecule has 0 aromatic heterocycles. The Bertz CT molecular complexity index is 553. The summed E-state index contributed by atoms with van der Waals surface area (Å²) >= 11 is 1.58. The normalized spacial score (nSPS) is 12.4. The van der Waals surface area contributed by atoms with E-state index in [9.17, 15) is 8.78 Å². The average Bonchev–Trinajstić information content (AvgIpc) is 2.40. The highest BCUT2D eigenvalue weighted by Gasteiger charge is 2.04. The van der Waals surface area contributed by atoms with Crippen molar-refractivity contribution in [1.29, 1.82) is 0 Å². The first-order chi connectivity index (χ1) is 9.06. The Kier molecular flexibility index (Phi) is 4.56. The first kappa shape index (κ1) is 14.0. The van der Waals surface area contributed by atoms with E-state index in [0.29, 0.717) is 5.75 Å². The maximum Gasteiger partial charge on any atom is 0.159 e. The highest BCUT2D eigenvalue weighted by atomic mass is 32.2. The van der Waals surface area contributed by atoms with Gasteiger partial charge in [-0.25, -0.2) is 8.78 Å². The van der Waals surface area contributed by atoms with Crippen LogP contribution in [0.3, 0.4) is 0 Å². The van der Waals surface area contributed by atoms with E-state index in [1.54, 1.807) is 17.8 Å². The lowest BCUT2D eigenvalue weighted by molar-refractivity contribution is 0.507. The van der Waals surface area contributed by atoms with Crippen LogP contribution in [0.5, 0.6) is 0 Å². The fourth-order valence-electron chi connectivity index (χ4n) is 1.66. The summed E-state index contributed by atoms with van der Waals surface area (Å²) in [5, 5.41) is 0. The summed E-state index contributed by atoms with van der Waals surface area (Å²) in [7, 11) is 0. The maximum atomic E-state index is 13.0. The molecule has 2 aromatic rings. The first-order valence-electron chi connectivity index (χ1n) is 5.98. The number of benzene rings is 2. The van der Waals surface area contributed by atoms with E-state index in [0.717, 1.165) is 22.1 Å². The van der Waals surface area contributed by atoms with Gasteiger partial charge in [0.05, 0.1) is 0 Å². The van der Waals surface area contributed by atoms with Gasteiger partial charge in [0.2, 0.25) is 0 Å². The second kappa shape index (κ2) is 6.17. The second-order valence-corrected chi connectivity index (χ2v) is 5.44. The van der Waals surface area contributed by atoms with Gasteiger partial charge in [-0.2, -0.15) is 0 Å². The van der Waals surface area contributed by atoms with E-state index in [2.05, 4.69) is 0 Å². The van der Waals surface area contributed by atoms with Crippen LogP contribution in [0, 0.1) is 11.6 Å². The van der Waals surface area contributed by atoms with Crippen LogP contribution in [0.4, 0.5) is 8.78 Å². The van der Waals surface area contributed by atoms with Crippen molar-refractivity contribution in [2.75, 3.05) is 0 Å². The van der Waals surface area contributed by atoms with Crippen LogP contribution >= 0.6 is 11.8 Å². The van der Waals surface area contributed by atoms with E-state index >= 15 is 0 Å². The minimum Gasteiger partial charge on any atom is -0.324 e. The van der Waals surface area contributed by atoms with Crippen LogP contribution in [0.1, 0.15) is 24.1 Å². The van der Waals surface area contributed by atoms with E-state index < -0.39 is 11.6 Å².